The van der Waals surface area contributed by atoms with E-state index in [1.807, 2.05) is 6.92 Å². The van der Waals surface area contributed by atoms with Crippen LogP contribution in [-0.2, 0) is 32.5 Å². The van der Waals surface area contributed by atoms with Crippen LogP contribution in [0.4, 0.5) is 5.69 Å². The second-order valence-electron chi connectivity index (χ2n) is 10.7. The number of halogens is 2. The number of carbonyl (C=O) groups is 2. The van der Waals surface area contributed by atoms with Gasteiger partial charge in [-0.2, -0.15) is 0 Å². The highest BCUT2D eigenvalue weighted by Crippen LogP contribution is 2.53. The lowest BCUT2D eigenvalue weighted by Crippen LogP contribution is -2.39. The molecule has 2 heterocycles. The number of aromatic nitrogens is 1. The molecule has 1 saturated carbocycles. The van der Waals surface area contributed by atoms with Crippen LogP contribution in [0.3, 0.4) is 0 Å². The molecule has 2 amide bonds. The van der Waals surface area contributed by atoms with Crippen molar-refractivity contribution in [2.24, 2.45) is 0 Å². The second kappa shape index (κ2) is 10.7. The van der Waals surface area contributed by atoms with E-state index in [0.29, 0.717) is 74.1 Å². The summed E-state index contributed by atoms with van der Waals surface area (Å²) in [5.74, 6) is -1.17. The standard InChI is InChI=1S/C31H27Cl2N3O6S/c1-3-42-28-19-6-5-13-34-26(19)27(37)20-15-36(29(38)24(20)28)23-10-9-18(14-17(23)2)16-43(40,41)35-30(39)31(11-12-31)25-21(32)7-4-8-22(25)33/h4-10,13-14,37H,3,11-12,15-16H2,1-2H3,(H,35,39). The largest absolute Gasteiger partial charge is 0.505 e. The van der Waals surface area contributed by atoms with Gasteiger partial charge < -0.3 is 14.7 Å². The fourth-order valence-corrected chi connectivity index (χ4v) is 7.75. The fourth-order valence-electron chi connectivity index (χ4n) is 5.82. The quantitative estimate of drug-likeness (QED) is 0.250. The molecule has 4 aromatic rings. The minimum absolute atomic E-state index is 0.0764. The predicted octanol–water partition coefficient (Wildman–Crippen LogP) is 5.79. The molecule has 1 fully saturated rings. The number of pyridine rings is 1. The lowest BCUT2D eigenvalue weighted by molar-refractivity contribution is -0.121. The summed E-state index contributed by atoms with van der Waals surface area (Å²) >= 11 is 12.6. The number of benzene rings is 3. The van der Waals surface area contributed by atoms with E-state index in [2.05, 4.69) is 9.71 Å². The Bertz CT molecular complexity index is 1920. The third-order valence-electron chi connectivity index (χ3n) is 7.94. The molecular formula is C31H27Cl2N3O6S. The van der Waals surface area contributed by atoms with Gasteiger partial charge in [0.25, 0.3) is 5.91 Å². The van der Waals surface area contributed by atoms with Crippen LogP contribution >= 0.6 is 23.2 Å². The highest BCUT2D eigenvalue weighted by molar-refractivity contribution is 7.89. The number of amides is 2. The van der Waals surface area contributed by atoms with Crippen molar-refractivity contribution in [3.05, 3.63) is 92.6 Å². The zero-order chi connectivity index (χ0) is 30.7. The zero-order valence-electron chi connectivity index (χ0n) is 23.3. The van der Waals surface area contributed by atoms with Crippen molar-refractivity contribution >= 4 is 61.6 Å². The first kappa shape index (κ1) is 29.2. The van der Waals surface area contributed by atoms with Gasteiger partial charge in [0.1, 0.15) is 17.0 Å². The van der Waals surface area contributed by atoms with Crippen molar-refractivity contribution < 1.29 is 27.9 Å². The van der Waals surface area contributed by atoms with Gasteiger partial charge in [-0.15, -0.1) is 0 Å². The first-order valence-electron chi connectivity index (χ1n) is 13.6. The van der Waals surface area contributed by atoms with Gasteiger partial charge >= 0.3 is 0 Å². The van der Waals surface area contributed by atoms with Crippen LogP contribution in [0, 0.1) is 6.92 Å². The molecule has 2 aliphatic rings. The van der Waals surface area contributed by atoms with E-state index < -0.39 is 27.1 Å². The third kappa shape index (κ3) is 4.97. The number of nitrogens with one attached hydrogen (secondary N) is 1. The highest BCUT2D eigenvalue weighted by Gasteiger charge is 2.54. The molecule has 0 atom stereocenters. The molecule has 1 aliphatic carbocycles. The average molecular weight is 641 g/mol. The summed E-state index contributed by atoms with van der Waals surface area (Å²) in [6.07, 6.45) is 2.43. The van der Waals surface area contributed by atoms with Crippen molar-refractivity contribution in [1.29, 1.82) is 0 Å². The Hall–Kier alpha value is -3.86. The van der Waals surface area contributed by atoms with E-state index in [4.69, 9.17) is 27.9 Å². The van der Waals surface area contributed by atoms with Crippen molar-refractivity contribution in [3.63, 3.8) is 0 Å². The molecule has 1 aliphatic heterocycles. The number of rotatable bonds is 8. The molecule has 0 radical (unpaired) electrons. The van der Waals surface area contributed by atoms with E-state index >= 15 is 0 Å². The van der Waals surface area contributed by atoms with E-state index in [-0.39, 0.29) is 23.8 Å². The lowest BCUT2D eigenvalue weighted by atomic mass is 9.95. The number of ether oxygens (including phenoxy) is 1. The smallest absolute Gasteiger partial charge is 0.262 e. The minimum Gasteiger partial charge on any atom is -0.505 e. The summed E-state index contributed by atoms with van der Waals surface area (Å²) in [5.41, 5.74) is 2.02. The van der Waals surface area contributed by atoms with Crippen molar-refractivity contribution in [2.75, 3.05) is 11.5 Å². The number of phenols is 1. The molecule has 0 unspecified atom stereocenters. The van der Waals surface area contributed by atoms with Gasteiger partial charge in [0.15, 0.2) is 0 Å². The first-order chi connectivity index (χ1) is 20.5. The van der Waals surface area contributed by atoms with E-state index in [9.17, 15) is 23.1 Å². The summed E-state index contributed by atoms with van der Waals surface area (Å²) in [7, 11) is -4.08. The lowest BCUT2D eigenvalue weighted by Gasteiger charge is -2.20. The number of nitrogens with zero attached hydrogens (tertiary/aromatic N) is 2. The topological polar surface area (TPSA) is 126 Å². The van der Waals surface area contributed by atoms with Gasteiger partial charge in [0.05, 0.1) is 29.9 Å². The minimum atomic E-state index is -4.08. The predicted molar refractivity (Wildman–Crippen MR) is 164 cm³/mol. The maximum atomic E-state index is 13.7. The fraction of sp³-hybridized carbons (Fsp3) is 0.258. The first-order valence-corrected chi connectivity index (χ1v) is 16.0. The van der Waals surface area contributed by atoms with Gasteiger partial charge in [-0.1, -0.05) is 41.4 Å². The normalized spacial score (nSPS) is 15.4. The maximum Gasteiger partial charge on any atom is 0.262 e. The van der Waals surface area contributed by atoms with Crippen LogP contribution in [0.25, 0.3) is 10.9 Å². The Morgan fingerprint density at radius 3 is 2.51 bits per heavy atom. The number of aromatic hydroxyl groups is 1. The molecule has 6 rings (SSSR count). The van der Waals surface area contributed by atoms with Crippen LogP contribution in [0.1, 0.15) is 52.4 Å². The maximum absolute atomic E-state index is 13.7. The van der Waals surface area contributed by atoms with Gasteiger partial charge in [-0.25, -0.2) is 8.42 Å². The Labute approximate surface area is 258 Å². The van der Waals surface area contributed by atoms with Crippen LogP contribution < -0.4 is 14.4 Å². The molecule has 43 heavy (non-hydrogen) atoms. The Morgan fingerprint density at radius 1 is 1.14 bits per heavy atom. The summed E-state index contributed by atoms with van der Waals surface area (Å²) in [5, 5.41) is 12.2. The molecule has 12 heteroatoms. The highest BCUT2D eigenvalue weighted by atomic mass is 35.5. The van der Waals surface area contributed by atoms with Crippen molar-refractivity contribution in [3.8, 4) is 11.5 Å². The Kier molecular flexibility index (Phi) is 7.27. The molecule has 3 aromatic carbocycles. The van der Waals surface area contributed by atoms with E-state index in [1.165, 1.54) is 4.90 Å². The summed E-state index contributed by atoms with van der Waals surface area (Å²) in [6, 6.07) is 13.3. The number of aryl methyl sites for hydroxylation is 1. The number of sulfonamides is 1. The molecule has 1 aromatic heterocycles. The number of fused-ring (bicyclic) bond motifs is 2. The van der Waals surface area contributed by atoms with E-state index in [1.54, 1.807) is 61.7 Å². The number of hydrogen-bond acceptors (Lipinski definition) is 7. The van der Waals surface area contributed by atoms with Crippen molar-refractivity contribution in [1.82, 2.24) is 9.71 Å². The summed E-state index contributed by atoms with van der Waals surface area (Å²) in [6.45, 7) is 3.99. The van der Waals surface area contributed by atoms with Crippen LogP contribution in [-0.4, -0.2) is 36.9 Å². The van der Waals surface area contributed by atoms with Gasteiger partial charge in [0, 0.05) is 38.4 Å². The van der Waals surface area contributed by atoms with Gasteiger partial charge in [0.2, 0.25) is 15.9 Å². The number of carbonyl (C=O) groups excluding carboxylic acids is 2. The monoisotopic (exact) mass is 639 g/mol. The molecule has 222 valence electrons. The number of phenolic OH excluding ortho intramolecular Hbond substituents is 1. The van der Waals surface area contributed by atoms with Crippen LogP contribution in [0.15, 0.2) is 54.7 Å². The van der Waals surface area contributed by atoms with Gasteiger partial charge in [-0.05, 0) is 68.1 Å². The van der Waals surface area contributed by atoms with E-state index in [0.717, 1.165) is 0 Å². The molecule has 0 bridgehead atoms. The molecule has 0 saturated heterocycles. The Balaban J connectivity index is 1.24. The third-order valence-corrected chi connectivity index (χ3v) is 9.78. The van der Waals surface area contributed by atoms with Gasteiger partial charge in [-0.3, -0.25) is 19.3 Å². The van der Waals surface area contributed by atoms with Crippen LogP contribution in [0.5, 0.6) is 11.5 Å². The SMILES string of the molecule is CCOc1c2c(c(O)c3ncccc13)CN(c1ccc(CS(=O)(=O)NC(=O)C3(c4c(Cl)cccc4Cl)CC3)cc1C)C2=O. The Morgan fingerprint density at radius 2 is 1.86 bits per heavy atom. The zero-order valence-corrected chi connectivity index (χ0v) is 25.6. The molecule has 2 N–H and O–H groups in total. The van der Waals surface area contributed by atoms with Crippen LogP contribution in [0.2, 0.25) is 10.0 Å². The number of hydrogen-bond donors (Lipinski definition) is 2. The molecular weight excluding hydrogens is 613 g/mol. The molecule has 0 spiro atoms. The average Bonchev–Trinajstić information content (AvgIpc) is 3.68. The number of anilines is 1. The second-order valence-corrected chi connectivity index (χ2v) is 13.3. The summed E-state index contributed by atoms with van der Waals surface area (Å²) in [4.78, 5) is 32.7. The molecule has 9 nitrogen and oxygen atoms in total. The van der Waals surface area contributed by atoms with Crippen molar-refractivity contribution in [2.45, 2.75) is 44.4 Å². The summed E-state index contributed by atoms with van der Waals surface area (Å²) < 4.78 is 34.2.